The molecule has 3 fully saturated rings. The van der Waals surface area contributed by atoms with Crippen molar-refractivity contribution in [2.45, 2.75) is 116 Å². The molecular weight excluding hydrogens is 548 g/mol. The van der Waals surface area contributed by atoms with Crippen molar-refractivity contribution in [2.24, 2.45) is 11.8 Å². The normalized spacial score (nSPS) is 22.3. The quantitative estimate of drug-likeness (QED) is 0.186. The SMILES string of the molecule is CCCCC/C=C\C1CC1C(=O)NS(=O)(=O)C1(C)CC1.CCNC(=O)OC(C)(C)C.CNC(=O)C1CCCN1C=O. The number of carbonyl (C=O) groups excluding carboxylic acids is 4. The highest BCUT2D eigenvalue weighted by molar-refractivity contribution is 7.91. The summed E-state index contributed by atoms with van der Waals surface area (Å²) in [6, 6.07) is -0.225. The number of hydrogen-bond acceptors (Lipinski definition) is 7. The van der Waals surface area contributed by atoms with Crippen molar-refractivity contribution < 1.29 is 32.3 Å². The van der Waals surface area contributed by atoms with Gasteiger partial charge in [0, 0.05) is 26.1 Å². The summed E-state index contributed by atoms with van der Waals surface area (Å²) in [6.45, 7) is 12.5. The number of allylic oxidation sites excluding steroid dienone is 2. The summed E-state index contributed by atoms with van der Waals surface area (Å²) in [6.07, 6.45) is 13.1. The van der Waals surface area contributed by atoms with E-state index in [2.05, 4.69) is 34.4 Å². The average Bonchev–Trinajstić information content (AvgIpc) is 3.79. The number of rotatable bonds is 11. The van der Waals surface area contributed by atoms with Gasteiger partial charge in [0.25, 0.3) is 0 Å². The molecule has 1 heterocycles. The maximum Gasteiger partial charge on any atom is 0.407 e. The summed E-state index contributed by atoms with van der Waals surface area (Å²) in [5, 5.41) is 5.07. The van der Waals surface area contributed by atoms with E-state index in [1.54, 1.807) is 18.9 Å². The van der Waals surface area contributed by atoms with E-state index in [1.807, 2.05) is 27.7 Å². The van der Waals surface area contributed by atoms with Crippen molar-refractivity contribution in [3.63, 3.8) is 0 Å². The molecule has 0 aromatic heterocycles. The van der Waals surface area contributed by atoms with Crippen LogP contribution in [-0.4, -0.2) is 74.2 Å². The second-order valence-electron chi connectivity index (χ2n) is 12.0. The predicted molar refractivity (Wildman–Crippen MR) is 159 cm³/mol. The molecule has 2 aliphatic carbocycles. The number of amides is 4. The van der Waals surface area contributed by atoms with Crippen LogP contribution in [0.3, 0.4) is 0 Å². The van der Waals surface area contributed by atoms with E-state index in [0.717, 1.165) is 32.1 Å². The minimum atomic E-state index is -3.47. The minimum absolute atomic E-state index is 0.0606. The zero-order valence-corrected chi connectivity index (χ0v) is 26.8. The summed E-state index contributed by atoms with van der Waals surface area (Å²) >= 11 is 0. The molecule has 0 aromatic carbocycles. The summed E-state index contributed by atoms with van der Waals surface area (Å²) in [7, 11) is -1.88. The first-order chi connectivity index (χ1) is 19.1. The average molecular weight is 601 g/mol. The molecule has 1 aliphatic heterocycles. The Kier molecular flexibility index (Phi) is 14.8. The topological polar surface area (TPSA) is 151 Å². The molecule has 0 bridgehead atoms. The smallest absolute Gasteiger partial charge is 0.407 e. The fourth-order valence-corrected chi connectivity index (χ4v) is 5.41. The summed E-state index contributed by atoms with van der Waals surface area (Å²) in [5.74, 6) is -0.288. The van der Waals surface area contributed by atoms with E-state index >= 15 is 0 Å². The molecular formula is C29H52N4O7S. The Hall–Kier alpha value is -2.63. The Balaban J connectivity index is 0.000000340. The molecule has 3 rings (SSSR count). The molecule has 41 heavy (non-hydrogen) atoms. The number of hydrogen-bond donors (Lipinski definition) is 3. The molecule has 4 amide bonds. The fraction of sp³-hybridized carbons (Fsp3) is 0.793. The van der Waals surface area contributed by atoms with Crippen molar-refractivity contribution in [2.75, 3.05) is 20.1 Å². The molecule has 236 valence electrons. The van der Waals surface area contributed by atoms with Crippen molar-refractivity contribution in [1.29, 1.82) is 0 Å². The number of sulfonamides is 1. The number of unbranched alkanes of at least 4 members (excludes halogenated alkanes) is 3. The Morgan fingerprint density at radius 3 is 2.27 bits per heavy atom. The second-order valence-corrected chi connectivity index (χ2v) is 14.2. The van der Waals surface area contributed by atoms with Crippen LogP contribution >= 0.6 is 0 Å². The molecule has 0 aromatic rings. The van der Waals surface area contributed by atoms with E-state index in [-0.39, 0.29) is 41.4 Å². The lowest BCUT2D eigenvalue weighted by atomic mass is 10.2. The number of nitrogens with one attached hydrogen (secondary N) is 3. The third kappa shape index (κ3) is 13.3. The van der Waals surface area contributed by atoms with Gasteiger partial charge in [-0.1, -0.05) is 31.9 Å². The predicted octanol–water partition coefficient (Wildman–Crippen LogP) is 3.64. The monoisotopic (exact) mass is 600 g/mol. The number of alkyl carbamates (subject to hydrolysis) is 1. The lowest BCUT2D eigenvalue weighted by Crippen LogP contribution is -2.41. The van der Waals surface area contributed by atoms with E-state index < -0.39 is 14.8 Å². The Bertz CT molecular complexity index is 1000. The lowest BCUT2D eigenvalue weighted by Gasteiger charge is -2.19. The van der Waals surface area contributed by atoms with Gasteiger partial charge in [0.15, 0.2) is 0 Å². The van der Waals surface area contributed by atoms with Crippen molar-refractivity contribution in [3.05, 3.63) is 12.2 Å². The molecule has 1 saturated heterocycles. The highest BCUT2D eigenvalue weighted by Gasteiger charge is 2.52. The van der Waals surface area contributed by atoms with E-state index in [4.69, 9.17) is 4.74 Å². The van der Waals surface area contributed by atoms with Crippen molar-refractivity contribution >= 4 is 34.3 Å². The van der Waals surface area contributed by atoms with Crippen molar-refractivity contribution in [1.82, 2.24) is 20.3 Å². The standard InChI is InChI=1S/C15H25NO3S.C7H12N2O2.C7H15NO2/c1-3-4-5-6-7-8-12-11-13(12)14(17)16-20(18,19)15(2)9-10-15;1-8-7(11)6-3-2-4-9(6)5-10;1-5-8-6(9)10-7(2,3)4/h7-8,12-13H,3-6,9-11H2,1-2H3,(H,16,17);5-6H,2-4H2,1H3,(H,8,11);5H2,1-4H3,(H,8,9)/b8-7-;;. The number of nitrogens with zero attached hydrogens (tertiary/aromatic N) is 1. The lowest BCUT2D eigenvalue weighted by molar-refractivity contribution is -0.130. The summed E-state index contributed by atoms with van der Waals surface area (Å²) in [5.41, 5.74) is -0.390. The van der Waals surface area contributed by atoms with Gasteiger partial charge in [-0.05, 0) is 85.5 Å². The second kappa shape index (κ2) is 16.7. The van der Waals surface area contributed by atoms with Gasteiger partial charge in [0.1, 0.15) is 11.6 Å². The Morgan fingerprint density at radius 2 is 1.76 bits per heavy atom. The zero-order valence-electron chi connectivity index (χ0n) is 26.0. The van der Waals surface area contributed by atoms with Crippen LogP contribution in [0, 0.1) is 11.8 Å². The van der Waals surface area contributed by atoms with Gasteiger partial charge in [-0.15, -0.1) is 0 Å². The van der Waals surface area contributed by atoms with Crippen LogP contribution in [0.5, 0.6) is 0 Å². The van der Waals surface area contributed by atoms with Gasteiger partial charge in [-0.3, -0.25) is 19.1 Å². The summed E-state index contributed by atoms with van der Waals surface area (Å²) in [4.78, 5) is 45.6. The molecule has 12 heteroatoms. The van der Waals surface area contributed by atoms with Crippen LogP contribution in [0.1, 0.15) is 99.3 Å². The Morgan fingerprint density at radius 1 is 1.10 bits per heavy atom. The van der Waals surface area contributed by atoms with Gasteiger partial charge in [0.05, 0.1) is 4.75 Å². The molecule has 3 aliphatic rings. The molecule has 0 radical (unpaired) electrons. The zero-order chi connectivity index (χ0) is 31.3. The molecule has 2 saturated carbocycles. The third-order valence-electron chi connectivity index (χ3n) is 7.07. The number of likely N-dealkylation sites (N-methyl/N-ethyl adjacent to an activating group) is 1. The Labute approximate surface area is 246 Å². The van der Waals surface area contributed by atoms with Crippen LogP contribution in [-0.2, 0) is 29.1 Å². The van der Waals surface area contributed by atoms with Gasteiger partial charge in [0.2, 0.25) is 28.2 Å². The van der Waals surface area contributed by atoms with Gasteiger partial charge in [-0.2, -0.15) is 0 Å². The molecule has 3 unspecified atom stereocenters. The highest BCUT2D eigenvalue weighted by atomic mass is 32.2. The molecule has 3 N–H and O–H groups in total. The number of carbonyl (C=O) groups is 4. The van der Waals surface area contributed by atoms with E-state index in [0.29, 0.717) is 25.9 Å². The first-order valence-electron chi connectivity index (χ1n) is 14.8. The van der Waals surface area contributed by atoms with Crippen LogP contribution in [0.4, 0.5) is 4.79 Å². The van der Waals surface area contributed by atoms with E-state index in [1.165, 1.54) is 19.3 Å². The third-order valence-corrected chi connectivity index (χ3v) is 9.25. The van der Waals surface area contributed by atoms with Crippen molar-refractivity contribution in [3.8, 4) is 0 Å². The fourth-order valence-electron chi connectivity index (χ4n) is 4.11. The highest BCUT2D eigenvalue weighted by Crippen LogP contribution is 2.44. The molecule has 0 spiro atoms. The van der Waals surface area contributed by atoms with Crippen LogP contribution in [0.25, 0.3) is 0 Å². The maximum atomic E-state index is 11.9. The van der Waals surface area contributed by atoms with Gasteiger partial charge >= 0.3 is 6.09 Å². The van der Waals surface area contributed by atoms with Crippen LogP contribution in [0.15, 0.2) is 12.2 Å². The number of likely N-dealkylation sites (tertiary alicyclic amines) is 1. The number of ether oxygens (including phenoxy) is 1. The first-order valence-corrected chi connectivity index (χ1v) is 16.2. The van der Waals surface area contributed by atoms with Gasteiger partial charge < -0.3 is 20.3 Å². The summed E-state index contributed by atoms with van der Waals surface area (Å²) < 4.78 is 30.4. The van der Waals surface area contributed by atoms with Crippen LogP contribution in [0.2, 0.25) is 0 Å². The molecule has 11 nitrogen and oxygen atoms in total. The van der Waals surface area contributed by atoms with E-state index in [9.17, 15) is 27.6 Å². The first kappa shape index (κ1) is 36.4. The largest absolute Gasteiger partial charge is 0.444 e. The van der Waals surface area contributed by atoms with Crippen LogP contribution < -0.4 is 15.4 Å². The molecule has 3 atom stereocenters. The maximum absolute atomic E-state index is 11.9. The minimum Gasteiger partial charge on any atom is -0.444 e. The van der Waals surface area contributed by atoms with Gasteiger partial charge in [-0.25, -0.2) is 13.2 Å².